The molecule has 0 saturated carbocycles. The van der Waals surface area contributed by atoms with Crippen molar-refractivity contribution in [3.05, 3.63) is 47.5 Å². The van der Waals surface area contributed by atoms with Gasteiger partial charge in [-0.15, -0.1) is 0 Å². The Morgan fingerprint density at radius 3 is 2.90 bits per heavy atom. The number of aliphatic imine (C=N–C) groups is 1. The predicted molar refractivity (Wildman–Crippen MR) is 77.8 cm³/mol. The van der Waals surface area contributed by atoms with E-state index in [1.54, 1.807) is 19.2 Å². The molecule has 0 bridgehead atoms. The van der Waals surface area contributed by atoms with Crippen LogP contribution in [-0.2, 0) is 9.53 Å². The Hall–Kier alpha value is -1.94. The fourth-order valence-corrected chi connectivity index (χ4v) is 2.13. The minimum absolute atomic E-state index is 0.292. The van der Waals surface area contributed by atoms with Gasteiger partial charge in [0.25, 0.3) is 0 Å². The molecule has 0 heterocycles. The van der Waals surface area contributed by atoms with E-state index in [1.807, 2.05) is 30.3 Å². The van der Waals surface area contributed by atoms with Gasteiger partial charge in [-0.3, -0.25) is 4.99 Å². The van der Waals surface area contributed by atoms with Gasteiger partial charge in [-0.2, -0.15) is 0 Å². The predicted octanol–water partition coefficient (Wildman–Crippen LogP) is 2.12. The number of carbonyl (C=O) groups is 1. The van der Waals surface area contributed by atoms with Crippen LogP contribution < -0.4 is 0 Å². The lowest BCUT2D eigenvalue weighted by molar-refractivity contribution is -0.138. The van der Waals surface area contributed by atoms with Gasteiger partial charge in [0.2, 0.25) is 0 Å². The molecule has 1 aromatic rings. The average molecular weight is 273 g/mol. The molecule has 0 saturated heterocycles. The number of benzene rings is 1. The Kier molecular flexibility index (Phi) is 5.07. The largest absolute Gasteiger partial charge is 0.463 e. The zero-order valence-electron chi connectivity index (χ0n) is 11.5. The normalized spacial score (nSPS) is 22.6. The summed E-state index contributed by atoms with van der Waals surface area (Å²) in [6, 6.07) is 9.40. The Morgan fingerprint density at radius 1 is 1.45 bits per heavy atom. The summed E-state index contributed by atoms with van der Waals surface area (Å²) in [6.07, 6.45) is 3.79. The number of nitrogens with zero attached hydrogens (tertiary/aromatic N) is 1. The van der Waals surface area contributed by atoms with E-state index in [-0.39, 0.29) is 12.0 Å². The van der Waals surface area contributed by atoms with Gasteiger partial charge in [0.15, 0.2) is 0 Å². The first kappa shape index (κ1) is 14.5. The van der Waals surface area contributed by atoms with Crippen LogP contribution in [-0.4, -0.2) is 36.0 Å². The van der Waals surface area contributed by atoms with Crippen molar-refractivity contribution in [1.29, 1.82) is 0 Å². The molecule has 1 aliphatic rings. The van der Waals surface area contributed by atoms with Gasteiger partial charge in [0.05, 0.1) is 18.8 Å². The number of aliphatic hydroxyl groups is 1. The summed E-state index contributed by atoms with van der Waals surface area (Å²) in [5, 5.41) is 9.97. The minimum atomic E-state index is -0.548. The fraction of sp³-hybridized carbons (Fsp3) is 0.375. The van der Waals surface area contributed by atoms with Crippen molar-refractivity contribution in [3.63, 3.8) is 0 Å². The highest BCUT2D eigenvalue weighted by Gasteiger charge is 2.26. The zero-order valence-corrected chi connectivity index (χ0v) is 11.5. The van der Waals surface area contributed by atoms with Crippen LogP contribution in [0.1, 0.15) is 25.3 Å². The van der Waals surface area contributed by atoms with E-state index in [0.717, 1.165) is 5.56 Å². The van der Waals surface area contributed by atoms with Crippen molar-refractivity contribution < 1.29 is 14.6 Å². The number of hydrogen-bond acceptors (Lipinski definition) is 4. The first-order valence-corrected chi connectivity index (χ1v) is 6.83. The van der Waals surface area contributed by atoms with Crippen LogP contribution in [0.15, 0.2) is 47.0 Å². The molecule has 4 nitrogen and oxygen atoms in total. The molecule has 0 aliphatic heterocycles. The van der Waals surface area contributed by atoms with E-state index < -0.39 is 6.10 Å². The maximum absolute atomic E-state index is 11.7. The highest BCUT2D eigenvalue weighted by atomic mass is 16.5. The van der Waals surface area contributed by atoms with Gasteiger partial charge >= 0.3 is 5.97 Å². The Bertz CT molecular complexity index is 508. The van der Waals surface area contributed by atoms with E-state index >= 15 is 0 Å². The van der Waals surface area contributed by atoms with Crippen molar-refractivity contribution >= 4 is 12.2 Å². The number of hydrogen-bond donors (Lipinski definition) is 1. The number of carbonyl (C=O) groups excluding carboxylic acids is 1. The summed E-state index contributed by atoms with van der Waals surface area (Å²) in [7, 11) is 0. The molecule has 0 spiro atoms. The van der Waals surface area contributed by atoms with Crippen LogP contribution in [0.4, 0.5) is 0 Å². The third kappa shape index (κ3) is 3.78. The fourth-order valence-electron chi connectivity index (χ4n) is 2.13. The molecule has 106 valence electrons. The molecule has 1 aliphatic carbocycles. The van der Waals surface area contributed by atoms with Crippen molar-refractivity contribution in [2.45, 2.75) is 31.9 Å². The molecule has 0 amide bonds. The second-order valence-electron chi connectivity index (χ2n) is 4.71. The van der Waals surface area contributed by atoms with Crippen molar-refractivity contribution in [2.75, 3.05) is 6.61 Å². The number of rotatable bonds is 4. The molecule has 0 aromatic heterocycles. The van der Waals surface area contributed by atoms with Crippen LogP contribution in [0.5, 0.6) is 0 Å². The summed E-state index contributed by atoms with van der Waals surface area (Å²) in [6.45, 7) is 2.14. The summed E-state index contributed by atoms with van der Waals surface area (Å²) >= 11 is 0. The highest BCUT2D eigenvalue weighted by molar-refractivity contribution is 5.89. The van der Waals surface area contributed by atoms with Gasteiger partial charge in [-0.1, -0.05) is 36.4 Å². The Morgan fingerprint density at radius 2 is 2.20 bits per heavy atom. The number of aliphatic hydroxyl groups excluding tert-OH is 1. The average Bonchev–Trinajstić information content (AvgIpc) is 2.47. The molecule has 2 rings (SSSR count). The summed E-state index contributed by atoms with van der Waals surface area (Å²) in [5.41, 5.74) is 1.58. The smallest absolute Gasteiger partial charge is 0.333 e. The van der Waals surface area contributed by atoms with Crippen LogP contribution >= 0.6 is 0 Å². The van der Waals surface area contributed by atoms with Crippen LogP contribution in [0.25, 0.3) is 0 Å². The lowest BCUT2D eigenvalue weighted by atomic mass is 9.92. The molecular weight excluding hydrogens is 254 g/mol. The number of ether oxygens (including phenoxy) is 1. The van der Waals surface area contributed by atoms with E-state index in [4.69, 9.17) is 4.74 Å². The minimum Gasteiger partial charge on any atom is -0.463 e. The topological polar surface area (TPSA) is 58.9 Å². The van der Waals surface area contributed by atoms with Crippen molar-refractivity contribution in [3.8, 4) is 0 Å². The maximum Gasteiger partial charge on any atom is 0.333 e. The monoisotopic (exact) mass is 273 g/mol. The zero-order chi connectivity index (χ0) is 14.4. The lowest BCUT2D eigenvalue weighted by Gasteiger charge is -2.23. The molecule has 2 unspecified atom stereocenters. The molecule has 20 heavy (non-hydrogen) atoms. The van der Waals surface area contributed by atoms with Crippen LogP contribution in [0.3, 0.4) is 0 Å². The quantitative estimate of drug-likeness (QED) is 0.675. The standard InChI is InChI=1S/C16H19NO3/c1-2-20-16(19)13-8-9-15(18)14(10-13)17-11-12-6-4-3-5-7-12/h3-8,11,14-15,18H,2,9-10H2,1H3. The van der Waals surface area contributed by atoms with Gasteiger partial charge in [-0.25, -0.2) is 4.79 Å². The van der Waals surface area contributed by atoms with Gasteiger partial charge in [-0.05, 0) is 18.9 Å². The molecule has 1 N–H and O–H groups in total. The van der Waals surface area contributed by atoms with Crippen molar-refractivity contribution in [1.82, 2.24) is 0 Å². The van der Waals surface area contributed by atoms with Crippen LogP contribution in [0.2, 0.25) is 0 Å². The van der Waals surface area contributed by atoms with E-state index in [2.05, 4.69) is 4.99 Å². The summed E-state index contributed by atoms with van der Waals surface area (Å²) in [5.74, 6) is -0.306. The third-order valence-electron chi connectivity index (χ3n) is 3.23. The second kappa shape index (κ2) is 7.01. The highest BCUT2D eigenvalue weighted by Crippen LogP contribution is 2.22. The maximum atomic E-state index is 11.7. The van der Waals surface area contributed by atoms with Gasteiger partial charge < -0.3 is 9.84 Å². The summed E-state index contributed by atoms with van der Waals surface area (Å²) in [4.78, 5) is 16.1. The molecule has 0 radical (unpaired) electrons. The van der Waals surface area contributed by atoms with Crippen LogP contribution in [0, 0.1) is 0 Å². The van der Waals surface area contributed by atoms with E-state index in [1.165, 1.54) is 0 Å². The number of esters is 1. The first-order valence-electron chi connectivity index (χ1n) is 6.83. The second-order valence-corrected chi connectivity index (χ2v) is 4.71. The SMILES string of the molecule is CCOC(=O)C1=CCC(O)C(N=Cc2ccccc2)C1. The first-order chi connectivity index (χ1) is 9.70. The van der Waals surface area contributed by atoms with Crippen molar-refractivity contribution in [2.24, 2.45) is 4.99 Å². The lowest BCUT2D eigenvalue weighted by Crippen LogP contribution is -2.30. The van der Waals surface area contributed by atoms with E-state index in [9.17, 15) is 9.90 Å². The molecular formula is C16H19NO3. The third-order valence-corrected chi connectivity index (χ3v) is 3.23. The van der Waals surface area contributed by atoms with Gasteiger partial charge in [0.1, 0.15) is 0 Å². The Labute approximate surface area is 118 Å². The van der Waals surface area contributed by atoms with Gasteiger partial charge in [0, 0.05) is 18.2 Å². The molecule has 1 aromatic carbocycles. The molecule has 0 fully saturated rings. The molecule has 4 heteroatoms. The van der Waals surface area contributed by atoms with E-state index in [0.29, 0.717) is 25.0 Å². The Balaban J connectivity index is 2.03. The molecule has 2 atom stereocenters. The summed E-state index contributed by atoms with van der Waals surface area (Å²) < 4.78 is 4.99.